The number of nitrogens with two attached hydrogens (primary N) is 2. The number of primary amides is 1. The first-order valence-corrected chi connectivity index (χ1v) is 5.27. The molecule has 0 atom stereocenters. The maximum absolute atomic E-state index is 13.4. The maximum atomic E-state index is 13.4. The third-order valence-corrected chi connectivity index (χ3v) is 2.49. The zero-order valence-electron chi connectivity index (χ0n) is 10.4. The van der Waals surface area contributed by atoms with Gasteiger partial charge in [0.2, 0.25) is 5.91 Å². The number of carbonyl (C=O) groups is 2. The molecular formula is C11H14F2N4O2. The Hall–Kier alpha value is -2.22. The van der Waals surface area contributed by atoms with Crippen LogP contribution < -0.4 is 22.3 Å². The molecule has 0 fully saturated rings. The highest BCUT2D eigenvalue weighted by Crippen LogP contribution is 2.20. The average molecular weight is 272 g/mol. The molecule has 0 aliphatic heterocycles. The van der Waals surface area contributed by atoms with E-state index in [1.165, 1.54) is 13.8 Å². The second-order valence-corrected chi connectivity index (χ2v) is 4.40. The largest absolute Gasteiger partial charge is 0.368 e. The fourth-order valence-corrected chi connectivity index (χ4v) is 1.26. The van der Waals surface area contributed by atoms with Crippen LogP contribution in [-0.2, 0) is 4.79 Å². The highest BCUT2D eigenvalue weighted by molar-refractivity contribution is 5.98. The van der Waals surface area contributed by atoms with Gasteiger partial charge in [-0.15, -0.1) is 0 Å². The molecule has 0 saturated carbocycles. The van der Waals surface area contributed by atoms with Crippen molar-refractivity contribution in [1.29, 1.82) is 0 Å². The molecule has 8 heteroatoms. The molecule has 0 unspecified atom stereocenters. The maximum Gasteiger partial charge on any atom is 0.252 e. The lowest BCUT2D eigenvalue weighted by Crippen LogP contribution is -2.53. The van der Waals surface area contributed by atoms with E-state index < -0.39 is 34.7 Å². The lowest BCUT2D eigenvalue weighted by molar-refractivity contribution is -0.122. The van der Waals surface area contributed by atoms with Crippen molar-refractivity contribution in [2.75, 3.05) is 5.43 Å². The number of hydrazine groups is 1. The van der Waals surface area contributed by atoms with E-state index in [0.29, 0.717) is 0 Å². The number of anilines is 1. The predicted molar refractivity (Wildman–Crippen MR) is 64.9 cm³/mol. The molecule has 6 nitrogen and oxygen atoms in total. The third-order valence-electron chi connectivity index (χ3n) is 2.49. The summed E-state index contributed by atoms with van der Waals surface area (Å²) in [7, 11) is 0. The number of benzene rings is 1. The van der Waals surface area contributed by atoms with Crippen molar-refractivity contribution in [1.82, 2.24) is 5.32 Å². The first kappa shape index (κ1) is 14.8. The summed E-state index contributed by atoms with van der Waals surface area (Å²) >= 11 is 0. The second-order valence-electron chi connectivity index (χ2n) is 4.40. The molecule has 1 aromatic carbocycles. The van der Waals surface area contributed by atoms with Crippen molar-refractivity contribution in [2.45, 2.75) is 19.4 Å². The average Bonchev–Trinajstić information content (AvgIpc) is 2.27. The molecule has 1 aromatic rings. The Kier molecular flexibility index (Phi) is 4.05. The summed E-state index contributed by atoms with van der Waals surface area (Å²) in [6, 6.07) is 1.59. The Morgan fingerprint density at radius 1 is 1.21 bits per heavy atom. The van der Waals surface area contributed by atoms with Crippen LogP contribution in [0.15, 0.2) is 12.1 Å². The Labute approximate surface area is 108 Å². The van der Waals surface area contributed by atoms with Crippen molar-refractivity contribution >= 4 is 17.5 Å². The number of nitrogens with one attached hydrogen (secondary N) is 2. The molecule has 0 aromatic heterocycles. The topological polar surface area (TPSA) is 110 Å². The highest BCUT2D eigenvalue weighted by atomic mass is 19.1. The van der Waals surface area contributed by atoms with Crippen molar-refractivity contribution < 1.29 is 18.4 Å². The van der Waals surface area contributed by atoms with Gasteiger partial charge >= 0.3 is 0 Å². The van der Waals surface area contributed by atoms with Gasteiger partial charge in [-0.05, 0) is 26.0 Å². The van der Waals surface area contributed by atoms with Crippen molar-refractivity contribution in [2.24, 2.45) is 11.6 Å². The summed E-state index contributed by atoms with van der Waals surface area (Å²) in [4.78, 5) is 22.8. The molecule has 0 spiro atoms. The Morgan fingerprint density at radius 2 is 1.68 bits per heavy atom. The van der Waals surface area contributed by atoms with Gasteiger partial charge in [-0.2, -0.15) is 0 Å². The van der Waals surface area contributed by atoms with E-state index in [9.17, 15) is 18.4 Å². The van der Waals surface area contributed by atoms with Crippen LogP contribution in [0.3, 0.4) is 0 Å². The minimum Gasteiger partial charge on any atom is -0.368 e. The number of hydrogen-bond acceptors (Lipinski definition) is 4. The Balaban J connectivity index is 3.05. The Morgan fingerprint density at radius 3 is 2.05 bits per heavy atom. The van der Waals surface area contributed by atoms with Crippen molar-refractivity contribution in [3.05, 3.63) is 29.3 Å². The zero-order valence-corrected chi connectivity index (χ0v) is 10.4. The van der Waals surface area contributed by atoms with Crippen LogP contribution in [0.25, 0.3) is 0 Å². The van der Waals surface area contributed by atoms with Crippen LogP contribution in [0.1, 0.15) is 24.2 Å². The third kappa shape index (κ3) is 3.16. The van der Waals surface area contributed by atoms with E-state index in [-0.39, 0.29) is 5.56 Å². The summed E-state index contributed by atoms with van der Waals surface area (Å²) in [5.41, 5.74) is 4.74. The summed E-state index contributed by atoms with van der Waals surface area (Å²) in [5.74, 6) is 1.28. The molecule has 0 aliphatic carbocycles. The van der Waals surface area contributed by atoms with E-state index in [1.54, 1.807) is 0 Å². The minimum absolute atomic E-state index is 0.289. The molecule has 0 bridgehead atoms. The highest BCUT2D eigenvalue weighted by Gasteiger charge is 2.28. The van der Waals surface area contributed by atoms with Crippen LogP contribution in [0.2, 0.25) is 0 Å². The molecule has 0 aliphatic rings. The van der Waals surface area contributed by atoms with Crippen LogP contribution in [0.5, 0.6) is 0 Å². The summed E-state index contributed by atoms with van der Waals surface area (Å²) < 4.78 is 26.8. The van der Waals surface area contributed by atoms with Gasteiger partial charge in [0.1, 0.15) is 11.2 Å². The van der Waals surface area contributed by atoms with Crippen LogP contribution in [-0.4, -0.2) is 17.4 Å². The smallest absolute Gasteiger partial charge is 0.252 e. The lowest BCUT2D eigenvalue weighted by atomic mass is 10.0. The fraction of sp³-hybridized carbons (Fsp3) is 0.273. The van der Waals surface area contributed by atoms with E-state index in [2.05, 4.69) is 5.32 Å². The minimum atomic E-state index is -1.34. The van der Waals surface area contributed by atoms with E-state index >= 15 is 0 Å². The summed E-state index contributed by atoms with van der Waals surface area (Å²) in [6.45, 7) is 2.74. The normalized spacial score (nSPS) is 11.0. The van der Waals surface area contributed by atoms with E-state index in [0.717, 1.165) is 12.1 Å². The van der Waals surface area contributed by atoms with Crippen molar-refractivity contribution in [3.8, 4) is 0 Å². The SMILES string of the molecule is CC(C)(NC(=O)c1cc(F)c(NN)c(F)c1)C(N)=O. The van der Waals surface area contributed by atoms with Gasteiger partial charge in [-0.3, -0.25) is 15.4 Å². The molecule has 19 heavy (non-hydrogen) atoms. The number of rotatable bonds is 4. The first-order valence-electron chi connectivity index (χ1n) is 5.27. The molecule has 0 radical (unpaired) electrons. The molecular weight excluding hydrogens is 258 g/mol. The number of hydrogen-bond donors (Lipinski definition) is 4. The van der Waals surface area contributed by atoms with Gasteiger partial charge in [0.25, 0.3) is 5.91 Å². The Bertz CT molecular complexity index is 508. The van der Waals surface area contributed by atoms with Gasteiger partial charge in [0, 0.05) is 5.56 Å². The van der Waals surface area contributed by atoms with Crippen molar-refractivity contribution in [3.63, 3.8) is 0 Å². The van der Waals surface area contributed by atoms with Crippen LogP contribution in [0.4, 0.5) is 14.5 Å². The lowest BCUT2D eigenvalue weighted by Gasteiger charge is -2.22. The molecule has 6 N–H and O–H groups in total. The van der Waals surface area contributed by atoms with Gasteiger partial charge in [-0.1, -0.05) is 0 Å². The van der Waals surface area contributed by atoms with Gasteiger partial charge in [-0.25, -0.2) is 8.78 Å². The molecule has 1 rings (SSSR count). The van der Waals surface area contributed by atoms with Crippen LogP contribution >= 0.6 is 0 Å². The first-order chi connectivity index (χ1) is 8.69. The molecule has 104 valence electrons. The monoisotopic (exact) mass is 272 g/mol. The van der Waals surface area contributed by atoms with Gasteiger partial charge in [0.05, 0.1) is 0 Å². The standard InChI is InChI=1S/C11H14F2N4O2/c1-11(2,10(14)19)16-9(18)5-3-6(12)8(17-15)7(13)4-5/h3-4,17H,15H2,1-2H3,(H2,14,19)(H,16,18). The van der Waals surface area contributed by atoms with Crippen LogP contribution in [0, 0.1) is 11.6 Å². The van der Waals surface area contributed by atoms with Gasteiger partial charge in [0.15, 0.2) is 11.6 Å². The number of halogens is 2. The second kappa shape index (κ2) is 5.19. The number of amides is 2. The molecule has 0 heterocycles. The predicted octanol–water partition coefficient (Wildman–Crippen LogP) is 0.244. The summed E-state index contributed by atoms with van der Waals surface area (Å²) in [5, 5.41) is 2.27. The van der Waals surface area contributed by atoms with E-state index in [1.807, 2.05) is 5.43 Å². The molecule has 2 amide bonds. The number of nitrogen functional groups attached to an aromatic ring is 1. The van der Waals surface area contributed by atoms with Gasteiger partial charge < -0.3 is 16.5 Å². The summed E-state index contributed by atoms with van der Waals surface area (Å²) in [6.07, 6.45) is 0. The van der Waals surface area contributed by atoms with E-state index in [4.69, 9.17) is 11.6 Å². The fourth-order valence-electron chi connectivity index (χ4n) is 1.26. The quantitative estimate of drug-likeness (QED) is 0.465. The number of carbonyl (C=O) groups excluding carboxylic acids is 2. The zero-order chi connectivity index (χ0) is 14.8. The molecule has 0 saturated heterocycles.